The van der Waals surface area contributed by atoms with Gasteiger partial charge in [-0.25, -0.2) is 4.79 Å². The summed E-state index contributed by atoms with van der Waals surface area (Å²) in [7, 11) is 0. The first-order valence-corrected chi connectivity index (χ1v) is 7.58. The summed E-state index contributed by atoms with van der Waals surface area (Å²) < 4.78 is 5.42. The number of carbonyl (C=O) groups excluding carboxylic acids is 1. The molecule has 4 heteroatoms. The number of rotatable bonds is 4. The topological polar surface area (TPSA) is 41.6 Å². The highest BCUT2D eigenvalue weighted by atomic mass is 16.6. The summed E-state index contributed by atoms with van der Waals surface area (Å²) in [5, 5.41) is 3.55. The number of amides is 1. The van der Waals surface area contributed by atoms with Crippen molar-refractivity contribution in [3.8, 4) is 0 Å². The van der Waals surface area contributed by atoms with Gasteiger partial charge in [0.05, 0.1) is 0 Å². The highest BCUT2D eigenvalue weighted by molar-refractivity contribution is 5.68. The smallest absolute Gasteiger partial charge is 0.410 e. The van der Waals surface area contributed by atoms with Crippen molar-refractivity contribution in [1.29, 1.82) is 0 Å². The van der Waals surface area contributed by atoms with Crippen LogP contribution in [-0.2, 0) is 4.74 Å². The number of hydrogen-bond donors (Lipinski definition) is 1. The Bertz CT molecular complexity index is 278. The summed E-state index contributed by atoms with van der Waals surface area (Å²) in [6.45, 7) is 12.8. The molecule has 0 aromatic carbocycles. The number of likely N-dealkylation sites (tertiary alicyclic amines) is 1. The zero-order valence-electron chi connectivity index (χ0n) is 13.2. The van der Waals surface area contributed by atoms with Crippen molar-refractivity contribution in [3.05, 3.63) is 0 Å². The molecule has 0 radical (unpaired) electrons. The number of nitrogens with zero attached hydrogens (tertiary/aromatic N) is 1. The molecule has 0 aromatic heterocycles. The molecule has 1 unspecified atom stereocenters. The Hall–Kier alpha value is -0.770. The Labute approximate surface area is 117 Å². The van der Waals surface area contributed by atoms with Gasteiger partial charge in [-0.05, 0) is 52.5 Å². The van der Waals surface area contributed by atoms with Crippen LogP contribution in [0.5, 0.6) is 0 Å². The highest BCUT2D eigenvalue weighted by Crippen LogP contribution is 2.23. The molecule has 0 aromatic rings. The average Bonchev–Trinajstić information content (AvgIpc) is 2.34. The third kappa shape index (κ3) is 5.39. The maximum absolute atomic E-state index is 12.0. The molecule has 4 nitrogen and oxygen atoms in total. The molecule has 0 spiro atoms. The zero-order valence-corrected chi connectivity index (χ0v) is 13.2. The first kappa shape index (κ1) is 16.3. The van der Waals surface area contributed by atoms with Crippen LogP contribution in [0.25, 0.3) is 0 Å². The highest BCUT2D eigenvalue weighted by Gasteiger charge is 2.29. The minimum absolute atomic E-state index is 0.164. The fourth-order valence-electron chi connectivity index (χ4n) is 2.72. The molecule has 1 aliphatic heterocycles. The van der Waals surface area contributed by atoms with Crippen molar-refractivity contribution in [1.82, 2.24) is 10.2 Å². The van der Waals surface area contributed by atoms with E-state index in [1.165, 1.54) is 0 Å². The van der Waals surface area contributed by atoms with E-state index in [2.05, 4.69) is 19.2 Å². The molecule has 1 aliphatic rings. The van der Waals surface area contributed by atoms with Crippen molar-refractivity contribution in [2.24, 2.45) is 5.92 Å². The first-order chi connectivity index (χ1) is 8.87. The van der Waals surface area contributed by atoms with E-state index < -0.39 is 5.60 Å². The van der Waals surface area contributed by atoms with Crippen LogP contribution < -0.4 is 5.32 Å². The molecule has 112 valence electrons. The molecule has 19 heavy (non-hydrogen) atoms. The van der Waals surface area contributed by atoms with E-state index in [-0.39, 0.29) is 6.09 Å². The van der Waals surface area contributed by atoms with Crippen LogP contribution in [0.15, 0.2) is 0 Å². The molecule has 0 bridgehead atoms. The van der Waals surface area contributed by atoms with Crippen molar-refractivity contribution in [2.75, 3.05) is 19.6 Å². The lowest BCUT2D eigenvalue weighted by molar-refractivity contribution is 0.0168. The van der Waals surface area contributed by atoms with Crippen LogP contribution in [0.1, 0.15) is 53.9 Å². The third-order valence-electron chi connectivity index (χ3n) is 3.67. The summed E-state index contributed by atoms with van der Waals surface area (Å²) in [5.74, 6) is 0.684. The Morgan fingerprint density at radius 1 is 1.32 bits per heavy atom. The third-order valence-corrected chi connectivity index (χ3v) is 3.67. The molecule has 0 saturated carbocycles. The molecule has 1 N–H and O–H groups in total. The van der Waals surface area contributed by atoms with Crippen molar-refractivity contribution >= 4 is 6.09 Å². The van der Waals surface area contributed by atoms with Gasteiger partial charge in [-0.3, -0.25) is 0 Å². The standard InChI is InChI=1S/C15H30N2O2/c1-6-13(16-7-2)12-8-10-17(11-9-12)14(18)19-15(3,4)5/h12-13,16H,6-11H2,1-5H3. The number of nitrogens with one attached hydrogen (secondary N) is 1. The monoisotopic (exact) mass is 270 g/mol. The van der Waals surface area contributed by atoms with E-state index in [1.54, 1.807) is 0 Å². The molecule has 1 atom stereocenters. The van der Waals surface area contributed by atoms with Crippen molar-refractivity contribution < 1.29 is 9.53 Å². The van der Waals surface area contributed by atoms with Crippen LogP contribution in [-0.4, -0.2) is 42.3 Å². The second-order valence-corrected chi connectivity index (χ2v) is 6.38. The zero-order chi connectivity index (χ0) is 14.5. The molecule has 1 heterocycles. The predicted molar refractivity (Wildman–Crippen MR) is 78.3 cm³/mol. The Morgan fingerprint density at radius 3 is 2.32 bits per heavy atom. The lowest BCUT2D eigenvalue weighted by Crippen LogP contribution is -2.46. The summed E-state index contributed by atoms with van der Waals surface area (Å²) >= 11 is 0. The summed E-state index contributed by atoms with van der Waals surface area (Å²) in [6.07, 6.45) is 3.14. The fraction of sp³-hybridized carbons (Fsp3) is 0.933. The van der Waals surface area contributed by atoms with Crippen LogP contribution in [0.4, 0.5) is 4.79 Å². The predicted octanol–water partition coefficient (Wildman–Crippen LogP) is 3.02. The molecule has 1 amide bonds. The SMILES string of the molecule is CCNC(CC)C1CCN(C(=O)OC(C)(C)C)CC1. The second-order valence-electron chi connectivity index (χ2n) is 6.38. The molecular formula is C15H30N2O2. The Morgan fingerprint density at radius 2 is 1.89 bits per heavy atom. The van der Waals surface area contributed by atoms with E-state index in [1.807, 2.05) is 25.7 Å². The molecule has 1 fully saturated rings. The van der Waals surface area contributed by atoms with Crippen molar-refractivity contribution in [3.63, 3.8) is 0 Å². The minimum atomic E-state index is -0.399. The van der Waals surface area contributed by atoms with E-state index in [0.717, 1.165) is 38.9 Å². The fourth-order valence-corrected chi connectivity index (χ4v) is 2.72. The maximum Gasteiger partial charge on any atom is 0.410 e. The van der Waals surface area contributed by atoms with Gasteiger partial charge in [0.15, 0.2) is 0 Å². The summed E-state index contributed by atoms with van der Waals surface area (Å²) in [4.78, 5) is 13.8. The number of hydrogen-bond acceptors (Lipinski definition) is 3. The van der Waals surface area contributed by atoms with Crippen molar-refractivity contribution in [2.45, 2.75) is 65.5 Å². The maximum atomic E-state index is 12.0. The van der Waals surface area contributed by atoms with Gasteiger partial charge in [0.25, 0.3) is 0 Å². The van der Waals surface area contributed by atoms with Gasteiger partial charge in [-0.2, -0.15) is 0 Å². The minimum Gasteiger partial charge on any atom is -0.444 e. The number of ether oxygens (including phenoxy) is 1. The van der Waals surface area contributed by atoms with Gasteiger partial charge in [0.1, 0.15) is 5.60 Å². The van der Waals surface area contributed by atoms with Gasteiger partial charge in [-0.15, -0.1) is 0 Å². The second kappa shape index (κ2) is 7.13. The van der Waals surface area contributed by atoms with E-state index >= 15 is 0 Å². The first-order valence-electron chi connectivity index (χ1n) is 7.58. The van der Waals surface area contributed by atoms with Crippen LogP contribution >= 0.6 is 0 Å². The van der Waals surface area contributed by atoms with Gasteiger partial charge < -0.3 is 15.0 Å². The average molecular weight is 270 g/mol. The van der Waals surface area contributed by atoms with E-state index in [4.69, 9.17) is 4.74 Å². The Balaban J connectivity index is 2.42. The number of carbonyl (C=O) groups is 1. The van der Waals surface area contributed by atoms with Gasteiger partial charge in [-0.1, -0.05) is 13.8 Å². The quantitative estimate of drug-likeness (QED) is 0.854. The molecule has 1 saturated heterocycles. The van der Waals surface area contributed by atoms with Gasteiger partial charge >= 0.3 is 6.09 Å². The summed E-state index contributed by atoms with van der Waals surface area (Å²) in [5.41, 5.74) is -0.399. The lowest BCUT2D eigenvalue weighted by atomic mass is 9.88. The van der Waals surface area contributed by atoms with Crippen LogP contribution in [0, 0.1) is 5.92 Å². The molecular weight excluding hydrogens is 240 g/mol. The molecule has 0 aliphatic carbocycles. The van der Waals surface area contributed by atoms with Crippen LogP contribution in [0.2, 0.25) is 0 Å². The van der Waals surface area contributed by atoms with E-state index in [0.29, 0.717) is 12.0 Å². The Kier molecular flexibility index (Phi) is 6.11. The summed E-state index contributed by atoms with van der Waals surface area (Å²) in [6, 6.07) is 0.589. The lowest BCUT2D eigenvalue weighted by Gasteiger charge is -2.36. The van der Waals surface area contributed by atoms with E-state index in [9.17, 15) is 4.79 Å². The molecule has 1 rings (SSSR count). The van der Waals surface area contributed by atoms with Gasteiger partial charge in [0, 0.05) is 19.1 Å². The van der Waals surface area contributed by atoms with Crippen LogP contribution in [0.3, 0.4) is 0 Å². The number of piperidine rings is 1. The van der Waals surface area contributed by atoms with Gasteiger partial charge in [0.2, 0.25) is 0 Å². The largest absolute Gasteiger partial charge is 0.444 e. The normalized spacial score (nSPS) is 19.3.